The average Bonchev–Trinajstić information content (AvgIpc) is 2.76. The standard InChI is InChI=1S/C23H39N5O/c1-20-6-3-4-12-28(20)13-5-11-25-23(24-2)26-18-21-7-9-22(10-8-21)19-27-14-16-29-17-15-27/h7-10,20H,3-6,11-19H2,1-2H3,(H2,24,25,26). The molecular formula is C23H39N5O. The van der Waals surface area contributed by atoms with E-state index in [4.69, 9.17) is 4.74 Å². The van der Waals surface area contributed by atoms with Gasteiger partial charge in [0.25, 0.3) is 0 Å². The summed E-state index contributed by atoms with van der Waals surface area (Å²) in [4.78, 5) is 9.44. The topological polar surface area (TPSA) is 52.1 Å². The van der Waals surface area contributed by atoms with Gasteiger partial charge in [0.1, 0.15) is 0 Å². The van der Waals surface area contributed by atoms with Crippen molar-refractivity contribution in [1.82, 2.24) is 20.4 Å². The number of morpholine rings is 1. The number of nitrogens with one attached hydrogen (secondary N) is 2. The maximum absolute atomic E-state index is 5.42. The highest BCUT2D eigenvalue weighted by Crippen LogP contribution is 2.16. The fourth-order valence-electron chi connectivity index (χ4n) is 4.17. The number of benzene rings is 1. The number of likely N-dealkylation sites (tertiary alicyclic amines) is 1. The molecule has 0 saturated carbocycles. The Morgan fingerprint density at radius 3 is 2.55 bits per heavy atom. The zero-order valence-electron chi connectivity index (χ0n) is 18.3. The largest absolute Gasteiger partial charge is 0.379 e. The van der Waals surface area contributed by atoms with E-state index in [1.54, 1.807) is 0 Å². The van der Waals surface area contributed by atoms with Gasteiger partial charge in [-0.1, -0.05) is 30.7 Å². The van der Waals surface area contributed by atoms with Gasteiger partial charge < -0.3 is 20.3 Å². The maximum atomic E-state index is 5.42. The van der Waals surface area contributed by atoms with Crippen molar-refractivity contribution in [3.05, 3.63) is 35.4 Å². The van der Waals surface area contributed by atoms with Crippen LogP contribution < -0.4 is 10.6 Å². The zero-order valence-corrected chi connectivity index (χ0v) is 18.3. The molecule has 6 nitrogen and oxygen atoms in total. The first-order valence-corrected chi connectivity index (χ1v) is 11.3. The molecule has 0 radical (unpaired) electrons. The van der Waals surface area contributed by atoms with Gasteiger partial charge in [-0.15, -0.1) is 0 Å². The third-order valence-corrected chi connectivity index (χ3v) is 6.07. The van der Waals surface area contributed by atoms with E-state index in [0.29, 0.717) is 0 Å². The lowest BCUT2D eigenvalue weighted by molar-refractivity contribution is 0.0342. The number of rotatable bonds is 8. The minimum atomic E-state index is 0.743. The number of guanidine groups is 1. The van der Waals surface area contributed by atoms with Gasteiger partial charge in [0.2, 0.25) is 0 Å². The van der Waals surface area contributed by atoms with E-state index >= 15 is 0 Å². The molecule has 1 unspecified atom stereocenters. The normalized spacial score (nSPS) is 21.9. The van der Waals surface area contributed by atoms with Crippen molar-refractivity contribution in [2.75, 3.05) is 53.0 Å². The predicted octanol–water partition coefficient (Wildman–Crippen LogP) is 2.45. The summed E-state index contributed by atoms with van der Waals surface area (Å²) in [5.41, 5.74) is 2.64. The second kappa shape index (κ2) is 12.2. The van der Waals surface area contributed by atoms with E-state index in [0.717, 1.165) is 64.4 Å². The van der Waals surface area contributed by atoms with E-state index in [-0.39, 0.29) is 0 Å². The molecule has 0 bridgehead atoms. The number of aliphatic imine (C=N–C) groups is 1. The van der Waals surface area contributed by atoms with E-state index in [1.165, 1.54) is 43.5 Å². The predicted molar refractivity (Wildman–Crippen MR) is 120 cm³/mol. The molecule has 0 aliphatic carbocycles. The number of hydrogen-bond acceptors (Lipinski definition) is 4. The van der Waals surface area contributed by atoms with Crippen molar-refractivity contribution in [2.45, 2.75) is 51.7 Å². The average molecular weight is 402 g/mol. The molecule has 29 heavy (non-hydrogen) atoms. The van der Waals surface area contributed by atoms with Gasteiger partial charge in [-0.3, -0.25) is 9.89 Å². The fraction of sp³-hybridized carbons (Fsp3) is 0.696. The minimum Gasteiger partial charge on any atom is -0.379 e. The van der Waals surface area contributed by atoms with Crippen LogP contribution in [-0.4, -0.2) is 74.8 Å². The summed E-state index contributed by atoms with van der Waals surface area (Å²) in [6.07, 6.45) is 5.25. The van der Waals surface area contributed by atoms with Crippen LogP contribution in [0.3, 0.4) is 0 Å². The molecule has 0 amide bonds. The second-order valence-electron chi connectivity index (χ2n) is 8.29. The summed E-state index contributed by atoms with van der Waals surface area (Å²) < 4.78 is 5.42. The van der Waals surface area contributed by atoms with Crippen LogP contribution in [-0.2, 0) is 17.8 Å². The van der Waals surface area contributed by atoms with Gasteiger partial charge in [0, 0.05) is 52.4 Å². The Bertz CT molecular complexity index is 612. The number of nitrogens with zero attached hydrogens (tertiary/aromatic N) is 3. The molecule has 2 N–H and O–H groups in total. The molecule has 1 atom stereocenters. The maximum Gasteiger partial charge on any atom is 0.191 e. The van der Waals surface area contributed by atoms with Crippen LogP contribution in [0.1, 0.15) is 43.7 Å². The molecule has 2 aliphatic heterocycles. The van der Waals surface area contributed by atoms with Crippen molar-refractivity contribution >= 4 is 5.96 Å². The van der Waals surface area contributed by atoms with Crippen LogP contribution in [0.5, 0.6) is 0 Å². The van der Waals surface area contributed by atoms with Crippen molar-refractivity contribution in [3.63, 3.8) is 0 Å². The first kappa shape index (κ1) is 22.1. The lowest BCUT2D eigenvalue weighted by Crippen LogP contribution is -2.41. The Morgan fingerprint density at radius 1 is 1.07 bits per heavy atom. The first-order valence-electron chi connectivity index (χ1n) is 11.3. The fourth-order valence-corrected chi connectivity index (χ4v) is 4.17. The Hall–Kier alpha value is -1.63. The van der Waals surface area contributed by atoms with Crippen molar-refractivity contribution in [3.8, 4) is 0 Å². The summed E-state index contributed by atoms with van der Waals surface area (Å²) in [7, 11) is 1.84. The van der Waals surface area contributed by atoms with E-state index in [2.05, 4.69) is 56.6 Å². The molecule has 2 aliphatic rings. The van der Waals surface area contributed by atoms with Crippen LogP contribution in [0.4, 0.5) is 0 Å². The third-order valence-electron chi connectivity index (χ3n) is 6.07. The van der Waals surface area contributed by atoms with Crippen LogP contribution in [0.15, 0.2) is 29.3 Å². The highest BCUT2D eigenvalue weighted by molar-refractivity contribution is 5.79. The van der Waals surface area contributed by atoms with E-state index in [1.807, 2.05) is 7.05 Å². The summed E-state index contributed by atoms with van der Waals surface area (Å²) >= 11 is 0. The van der Waals surface area contributed by atoms with Crippen molar-refractivity contribution in [1.29, 1.82) is 0 Å². The molecule has 1 aromatic rings. The van der Waals surface area contributed by atoms with E-state index < -0.39 is 0 Å². The highest BCUT2D eigenvalue weighted by atomic mass is 16.5. The van der Waals surface area contributed by atoms with Crippen LogP contribution >= 0.6 is 0 Å². The monoisotopic (exact) mass is 401 g/mol. The number of hydrogen-bond donors (Lipinski definition) is 2. The molecule has 0 aromatic heterocycles. The van der Waals surface area contributed by atoms with Crippen LogP contribution in [0, 0.1) is 0 Å². The molecule has 3 rings (SSSR count). The van der Waals surface area contributed by atoms with Crippen LogP contribution in [0.2, 0.25) is 0 Å². The van der Waals surface area contributed by atoms with E-state index in [9.17, 15) is 0 Å². The van der Waals surface area contributed by atoms with Crippen molar-refractivity contribution in [2.24, 2.45) is 4.99 Å². The lowest BCUT2D eigenvalue weighted by atomic mass is 10.0. The van der Waals surface area contributed by atoms with Gasteiger partial charge >= 0.3 is 0 Å². The minimum absolute atomic E-state index is 0.743. The zero-order chi connectivity index (χ0) is 20.3. The molecule has 162 valence electrons. The van der Waals surface area contributed by atoms with Crippen molar-refractivity contribution < 1.29 is 4.74 Å². The first-order chi connectivity index (χ1) is 14.2. The molecular weight excluding hydrogens is 362 g/mol. The summed E-state index contributed by atoms with van der Waals surface area (Å²) in [6, 6.07) is 9.65. The summed E-state index contributed by atoms with van der Waals surface area (Å²) in [5.74, 6) is 0.883. The van der Waals surface area contributed by atoms with Gasteiger partial charge in [-0.2, -0.15) is 0 Å². The lowest BCUT2D eigenvalue weighted by Gasteiger charge is -2.33. The molecule has 0 spiro atoms. The Morgan fingerprint density at radius 2 is 1.83 bits per heavy atom. The van der Waals surface area contributed by atoms with Crippen LogP contribution in [0.25, 0.3) is 0 Å². The molecule has 2 fully saturated rings. The Kier molecular flexibility index (Phi) is 9.25. The number of ether oxygens (including phenoxy) is 1. The van der Waals surface area contributed by atoms with Gasteiger partial charge in [-0.25, -0.2) is 0 Å². The molecule has 6 heteroatoms. The molecule has 1 aromatic carbocycles. The molecule has 2 saturated heterocycles. The highest BCUT2D eigenvalue weighted by Gasteiger charge is 2.17. The number of piperidine rings is 1. The SMILES string of the molecule is CN=C(NCCCN1CCCCC1C)NCc1ccc(CN2CCOCC2)cc1. The smallest absolute Gasteiger partial charge is 0.191 e. The second-order valence-corrected chi connectivity index (χ2v) is 8.29. The Labute approximate surface area is 176 Å². The summed E-state index contributed by atoms with van der Waals surface area (Å²) in [6.45, 7) is 11.3. The third kappa shape index (κ3) is 7.61. The summed E-state index contributed by atoms with van der Waals surface area (Å²) in [5, 5.41) is 6.89. The Balaban J connectivity index is 1.33. The molecule has 2 heterocycles. The van der Waals surface area contributed by atoms with Gasteiger partial charge in [-0.05, 0) is 43.9 Å². The quantitative estimate of drug-likeness (QED) is 0.398. The van der Waals surface area contributed by atoms with Gasteiger partial charge in [0.15, 0.2) is 5.96 Å². The van der Waals surface area contributed by atoms with Gasteiger partial charge in [0.05, 0.1) is 13.2 Å².